The van der Waals surface area contributed by atoms with Crippen molar-refractivity contribution >= 4 is 33.3 Å². The summed E-state index contributed by atoms with van der Waals surface area (Å²) >= 11 is 1.71. The van der Waals surface area contributed by atoms with Crippen molar-refractivity contribution in [2.45, 2.75) is 19.4 Å². The molecule has 0 spiro atoms. The number of hydrogen-bond acceptors (Lipinski definition) is 4. The molecule has 1 aliphatic rings. The highest BCUT2D eigenvalue weighted by atomic mass is 32.2. The predicted octanol–water partition coefficient (Wildman–Crippen LogP) is 3.13. The van der Waals surface area contributed by atoms with Gasteiger partial charge in [-0.1, -0.05) is 30.3 Å². The van der Waals surface area contributed by atoms with Crippen molar-refractivity contribution in [2.24, 2.45) is 0 Å². The first-order valence-corrected chi connectivity index (χ1v) is 10.8. The van der Waals surface area contributed by atoms with Gasteiger partial charge in [0.2, 0.25) is 15.9 Å². The Morgan fingerprint density at radius 2 is 2.04 bits per heavy atom. The van der Waals surface area contributed by atoms with Crippen molar-refractivity contribution in [3.05, 3.63) is 63.2 Å². The molecule has 1 atom stereocenters. The van der Waals surface area contributed by atoms with Gasteiger partial charge in [0.05, 0.1) is 12.6 Å². The number of benzene rings is 1. The van der Waals surface area contributed by atoms with Crippen molar-refractivity contribution in [1.82, 2.24) is 9.21 Å². The minimum absolute atomic E-state index is 0.0199. The summed E-state index contributed by atoms with van der Waals surface area (Å²) in [5.41, 5.74) is 1.97. The molecule has 0 aliphatic carbocycles. The highest BCUT2D eigenvalue weighted by Gasteiger charge is 2.30. The fraction of sp³-hybridized carbons (Fsp3) is 0.316. The van der Waals surface area contributed by atoms with E-state index in [-0.39, 0.29) is 18.5 Å². The molecular formula is C19H22N2O3S2. The molecule has 0 fully saturated rings. The summed E-state index contributed by atoms with van der Waals surface area (Å²) in [4.78, 5) is 15.7. The van der Waals surface area contributed by atoms with E-state index in [1.54, 1.807) is 16.2 Å². The Labute approximate surface area is 158 Å². The molecule has 1 aliphatic heterocycles. The van der Waals surface area contributed by atoms with Crippen LogP contribution in [0.15, 0.2) is 47.2 Å². The molecule has 5 nitrogen and oxygen atoms in total. The van der Waals surface area contributed by atoms with E-state index in [0.717, 1.165) is 21.7 Å². The molecule has 3 rings (SSSR count). The van der Waals surface area contributed by atoms with Gasteiger partial charge in [-0.2, -0.15) is 4.31 Å². The second-order valence-electron chi connectivity index (χ2n) is 6.33. The lowest BCUT2D eigenvalue weighted by Crippen LogP contribution is -2.44. The summed E-state index contributed by atoms with van der Waals surface area (Å²) in [6.07, 6.45) is 2.37. The van der Waals surface area contributed by atoms with Gasteiger partial charge in [0.25, 0.3) is 0 Å². The Kier molecular flexibility index (Phi) is 5.60. The molecule has 0 radical (unpaired) electrons. The topological polar surface area (TPSA) is 57.7 Å². The molecule has 2 aromatic rings. The minimum atomic E-state index is -3.65. The number of carbonyl (C=O) groups excluding carboxylic acids is 1. The van der Waals surface area contributed by atoms with Crippen LogP contribution in [0.2, 0.25) is 0 Å². The number of hydrogen-bond donors (Lipinski definition) is 0. The summed E-state index contributed by atoms with van der Waals surface area (Å²) in [5, 5.41) is 3.19. The Bertz CT molecular complexity index is 904. The van der Waals surface area contributed by atoms with Crippen molar-refractivity contribution in [2.75, 3.05) is 20.1 Å². The van der Waals surface area contributed by atoms with Crippen LogP contribution in [0, 0.1) is 0 Å². The average molecular weight is 391 g/mol. The molecule has 0 saturated carbocycles. The van der Waals surface area contributed by atoms with Crippen LogP contribution in [0.5, 0.6) is 0 Å². The fourth-order valence-corrected chi connectivity index (χ4v) is 4.84. The maximum absolute atomic E-state index is 12.7. The highest BCUT2D eigenvalue weighted by molar-refractivity contribution is 7.92. The first kappa shape index (κ1) is 18.8. The van der Waals surface area contributed by atoms with Gasteiger partial charge in [-0.15, -0.1) is 11.3 Å². The summed E-state index contributed by atoms with van der Waals surface area (Å²) in [6.45, 7) is 2.46. The van der Waals surface area contributed by atoms with Crippen LogP contribution in [0.3, 0.4) is 0 Å². The Balaban J connectivity index is 1.66. The standard InChI is InChI=1S/C19H22N2O3S2/c1-15-17-9-12-25-18(17)8-11-21(15)19(22)14-20(2)26(23,24)13-10-16-6-4-3-5-7-16/h3-7,9-10,12-13,15H,8,11,14H2,1-2H3/b13-10+/t15-/m0/s1. The number of amides is 1. The molecule has 0 saturated heterocycles. The fourth-order valence-electron chi connectivity index (χ4n) is 3.05. The van der Waals surface area contributed by atoms with Crippen LogP contribution < -0.4 is 0 Å². The quantitative estimate of drug-likeness (QED) is 0.788. The molecule has 0 N–H and O–H groups in total. The summed E-state index contributed by atoms with van der Waals surface area (Å²) in [6, 6.07) is 11.2. The van der Waals surface area contributed by atoms with Crippen molar-refractivity contribution in [1.29, 1.82) is 0 Å². The normalized spacial score (nSPS) is 17.7. The van der Waals surface area contributed by atoms with Crippen LogP contribution in [-0.2, 0) is 21.2 Å². The number of carbonyl (C=O) groups is 1. The second-order valence-corrected chi connectivity index (χ2v) is 9.25. The molecular weight excluding hydrogens is 368 g/mol. The van der Waals surface area contributed by atoms with Crippen LogP contribution >= 0.6 is 11.3 Å². The third-order valence-electron chi connectivity index (χ3n) is 4.62. The average Bonchev–Trinajstić information content (AvgIpc) is 3.11. The van der Waals surface area contributed by atoms with E-state index in [0.29, 0.717) is 6.54 Å². The lowest BCUT2D eigenvalue weighted by molar-refractivity contribution is -0.133. The lowest BCUT2D eigenvalue weighted by Gasteiger charge is -2.34. The number of sulfonamides is 1. The van der Waals surface area contributed by atoms with Gasteiger partial charge in [-0.05, 0) is 42.0 Å². The van der Waals surface area contributed by atoms with E-state index < -0.39 is 10.0 Å². The van der Waals surface area contributed by atoms with Gasteiger partial charge in [0.1, 0.15) is 0 Å². The van der Waals surface area contributed by atoms with Crippen LogP contribution in [-0.4, -0.2) is 43.7 Å². The monoisotopic (exact) mass is 390 g/mol. The predicted molar refractivity (Wildman–Crippen MR) is 105 cm³/mol. The van der Waals surface area contributed by atoms with Crippen LogP contribution in [0.1, 0.15) is 29.0 Å². The Hall–Kier alpha value is -1.96. The molecule has 138 valence electrons. The van der Waals surface area contributed by atoms with Crippen molar-refractivity contribution in [3.8, 4) is 0 Å². The summed E-state index contributed by atoms with van der Waals surface area (Å²) in [7, 11) is -2.21. The largest absolute Gasteiger partial charge is 0.334 e. The van der Waals surface area contributed by atoms with E-state index in [4.69, 9.17) is 0 Å². The first-order valence-electron chi connectivity index (χ1n) is 8.43. The van der Waals surface area contributed by atoms with Gasteiger partial charge in [-0.3, -0.25) is 4.79 Å². The number of thiophene rings is 1. The number of fused-ring (bicyclic) bond motifs is 1. The third kappa shape index (κ3) is 4.06. The van der Waals surface area contributed by atoms with E-state index >= 15 is 0 Å². The molecule has 1 amide bonds. The Morgan fingerprint density at radius 1 is 1.31 bits per heavy atom. The van der Waals surface area contributed by atoms with Crippen LogP contribution in [0.25, 0.3) is 6.08 Å². The van der Waals surface area contributed by atoms with Crippen molar-refractivity contribution in [3.63, 3.8) is 0 Å². The number of likely N-dealkylation sites (N-methyl/N-ethyl adjacent to an activating group) is 1. The van der Waals surface area contributed by atoms with E-state index in [1.165, 1.54) is 23.6 Å². The van der Waals surface area contributed by atoms with E-state index in [9.17, 15) is 13.2 Å². The molecule has 1 aromatic heterocycles. The molecule has 7 heteroatoms. The van der Waals surface area contributed by atoms with Gasteiger partial charge < -0.3 is 4.90 Å². The lowest BCUT2D eigenvalue weighted by atomic mass is 10.0. The molecule has 2 heterocycles. The number of rotatable bonds is 5. The zero-order valence-corrected chi connectivity index (χ0v) is 16.5. The number of nitrogens with zero attached hydrogens (tertiary/aromatic N) is 2. The van der Waals surface area contributed by atoms with Crippen molar-refractivity contribution < 1.29 is 13.2 Å². The van der Waals surface area contributed by atoms with Gasteiger partial charge in [-0.25, -0.2) is 8.42 Å². The van der Waals surface area contributed by atoms with E-state index in [1.807, 2.05) is 48.7 Å². The van der Waals surface area contributed by atoms with E-state index in [2.05, 4.69) is 0 Å². The highest BCUT2D eigenvalue weighted by Crippen LogP contribution is 2.32. The van der Waals surface area contributed by atoms with Gasteiger partial charge in [0.15, 0.2) is 0 Å². The summed E-state index contributed by atoms with van der Waals surface area (Å²) < 4.78 is 26.0. The maximum atomic E-state index is 12.7. The van der Waals surface area contributed by atoms with Crippen LogP contribution in [0.4, 0.5) is 0 Å². The zero-order valence-electron chi connectivity index (χ0n) is 14.8. The Morgan fingerprint density at radius 3 is 2.77 bits per heavy atom. The van der Waals surface area contributed by atoms with Gasteiger partial charge in [0, 0.05) is 23.9 Å². The smallest absolute Gasteiger partial charge is 0.238 e. The SMILES string of the molecule is C[C@H]1c2ccsc2CCN1C(=O)CN(C)S(=O)(=O)/C=C/c1ccccc1. The van der Waals surface area contributed by atoms with Gasteiger partial charge >= 0.3 is 0 Å². The maximum Gasteiger partial charge on any atom is 0.238 e. The second kappa shape index (κ2) is 7.73. The minimum Gasteiger partial charge on any atom is -0.334 e. The molecule has 1 aromatic carbocycles. The third-order valence-corrected chi connectivity index (χ3v) is 7.10. The zero-order chi connectivity index (χ0) is 18.7. The molecule has 0 unspecified atom stereocenters. The first-order chi connectivity index (χ1) is 12.4. The molecule has 0 bridgehead atoms. The summed E-state index contributed by atoms with van der Waals surface area (Å²) in [5.74, 6) is -0.173. The molecule has 26 heavy (non-hydrogen) atoms.